The standard InChI is InChI=1S/C16H18N2O3/c17-11-12-1-3-13(4-2-12)15-9-14(19)10-16(21-15)18-5-7-20-8-6-18/h1-4,9-10H,5-8,11,17H2. The summed E-state index contributed by atoms with van der Waals surface area (Å²) in [5, 5.41) is 0. The maximum absolute atomic E-state index is 11.9. The third-order valence-electron chi connectivity index (χ3n) is 3.55. The largest absolute Gasteiger partial charge is 0.440 e. The van der Waals surface area contributed by atoms with Crippen LogP contribution in [0.1, 0.15) is 5.56 Å². The third-order valence-corrected chi connectivity index (χ3v) is 3.55. The molecule has 0 atom stereocenters. The van der Waals surface area contributed by atoms with E-state index in [1.165, 1.54) is 12.1 Å². The van der Waals surface area contributed by atoms with Crippen molar-refractivity contribution in [2.75, 3.05) is 31.2 Å². The van der Waals surface area contributed by atoms with Crippen LogP contribution < -0.4 is 16.1 Å². The first-order valence-corrected chi connectivity index (χ1v) is 7.03. The molecule has 0 aliphatic carbocycles. The smallest absolute Gasteiger partial charge is 0.200 e. The van der Waals surface area contributed by atoms with Gasteiger partial charge in [-0.2, -0.15) is 0 Å². The van der Waals surface area contributed by atoms with Crippen LogP contribution in [0.4, 0.5) is 5.88 Å². The molecule has 2 heterocycles. The minimum absolute atomic E-state index is 0.0550. The van der Waals surface area contributed by atoms with E-state index in [1.807, 2.05) is 29.2 Å². The summed E-state index contributed by atoms with van der Waals surface area (Å²) in [4.78, 5) is 13.9. The molecule has 5 heteroatoms. The quantitative estimate of drug-likeness (QED) is 0.928. The Balaban J connectivity index is 1.94. The van der Waals surface area contributed by atoms with E-state index in [0.717, 1.165) is 24.2 Å². The monoisotopic (exact) mass is 286 g/mol. The van der Waals surface area contributed by atoms with Crippen LogP contribution in [0, 0.1) is 0 Å². The molecule has 1 aromatic carbocycles. The van der Waals surface area contributed by atoms with Gasteiger partial charge in [0.2, 0.25) is 0 Å². The van der Waals surface area contributed by atoms with Crippen molar-refractivity contribution in [1.82, 2.24) is 0 Å². The van der Waals surface area contributed by atoms with Crippen molar-refractivity contribution in [3.8, 4) is 11.3 Å². The first-order chi connectivity index (χ1) is 10.3. The van der Waals surface area contributed by atoms with E-state index in [0.29, 0.717) is 31.4 Å². The van der Waals surface area contributed by atoms with Crippen molar-refractivity contribution < 1.29 is 9.15 Å². The number of anilines is 1. The molecule has 2 aromatic rings. The molecule has 1 fully saturated rings. The summed E-state index contributed by atoms with van der Waals surface area (Å²) < 4.78 is 11.2. The Morgan fingerprint density at radius 3 is 2.48 bits per heavy atom. The number of nitrogens with two attached hydrogens (primary N) is 1. The molecule has 0 amide bonds. The molecule has 0 radical (unpaired) electrons. The van der Waals surface area contributed by atoms with Crippen molar-refractivity contribution in [3.05, 3.63) is 52.2 Å². The van der Waals surface area contributed by atoms with Crippen LogP contribution in [0.2, 0.25) is 0 Å². The van der Waals surface area contributed by atoms with Crippen LogP contribution in [-0.4, -0.2) is 26.3 Å². The van der Waals surface area contributed by atoms with E-state index in [9.17, 15) is 4.79 Å². The third kappa shape index (κ3) is 3.15. The fourth-order valence-corrected chi connectivity index (χ4v) is 2.35. The number of morpholine rings is 1. The molecular weight excluding hydrogens is 268 g/mol. The summed E-state index contributed by atoms with van der Waals surface area (Å²) in [7, 11) is 0. The average Bonchev–Trinajstić information content (AvgIpc) is 2.55. The maximum atomic E-state index is 11.9. The number of hydrogen-bond acceptors (Lipinski definition) is 5. The predicted octanol–water partition coefficient (Wildman–Crippen LogP) is 1.60. The molecule has 0 bridgehead atoms. The van der Waals surface area contributed by atoms with Crippen molar-refractivity contribution in [2.45, 2.75) is 6.54 Å². The lowest BCUT2D eigenvalue weighted by atomic mass is 10.1. The number of rotatable bonds is 3. The number of benzene rings is 1. The van der Waals surface area contributed by atoms with Gasteiger partial charge < -0.3 is 19.8 Å². The van der Waals surface area contributed by atoms with Crippen LogP contribution in [0.15, 0.2) is 45.6 Å². The lowest BCUT2D eigenvalue weighted by molar-refractivity contribution is 0.120. The van der Waals surface area contributed by atoms with Gasteiger partial charge in [-0.1, -0.05) is 24.3 Å². The van der Waals surface area contributed by atoms with Crippen LogP contribution in [0.3, 0.4) is 0 Å². The summed E-state index contributed by atoms with van der Waals surface area (Å²) in [5.74, 6) is 1.18. The van der Waals surface area contributed by atoms with Gasteiger partial charge in [0.25, 0.3) is 0 Å². The van der Waals surface area contributed by atoms with Gasteiger partial charge in [-0.25, -0.2) is 0 Å². The molecule has 1 aliphatic heterocycles. The minimum Gasteiger partial charge on any atom is -0.440 e. The van der Waals surface area contributed by atoms with Crippen LogP contribution in [-0.2, 0) is 11.3 Å². The first-order valence-electron chi connectivity index (χ1n) is 7.03. The number of ether oxygens (including phenoxy) is 1. The van der Waals surface area contributed by atoms with Crippen molar-refractivity contribution in [3.63, 3.8) is 0 Å². The molecule has 1 saturated heterocycles. The second kappa shape index (κ2) is 6.11. The van der Waals surface area contributed by atoms with E-state index in [-0.39, 0.29) is 5.43 Å². The maximum Gasteiger partial charge on any atom is 0.200 e. The summed E-state index contributed by atoms with van der Waals surface area (Å²) in [6.45, 7) is 3.27. The van der Waals surface area contributed by atoms with E-state index >= 15 is 0 Å². The summed E-state index contributed by atoms with van der Waals surface area (Å²) in [6.07, 6.45) is 0. The van der Waals surface area contributed by atoms with Gasteiger partial charge in [0.05, 0.1) is 13.2 Å². The van der Waals surface area contributed by atoms with Gasteiger partial charge in [-0.15, -0.1) is 0 Å². The van der Waals surface area contributed by atoms with Gasteiger partial charge in [-0.3, -0.25) is 4.79 Å². The average molecular weight is 286 g/mol. The van der Waals surface area contributed by atoms with Crippen molar-refractivity contribution >= 4 is 5.88 Å². The molecule has 5 nitrogen and oxygen atoms in total. The molecule has 1 aromatic heterocycles. The van der Waals surface area contributed by atoms with E-state index < -0.39 is 0 Å². The number of hydrogen-bond donors (Lipinski definition) is 1. The normalized spacial score (nSPS) is 15.2. The fourth-order valence-electron chi connectivity index (χ4n) is 2.35. The van der Waals surface area contributed by atoms with Gasteiger partial charge in [-0.05, 0) is 5.56 Å². The Bertz CT molecular complexity index is 658. The fraction of sp³-hybridized carbons (Fsp3) is 0.312. The molecule has 1 aliphatic rings. The summed E-state index contributed by atoms with van der Waals surface area (Å²) in [6, 6.07) is 10.8. The molecular formula is C16H18N2O3. The second-order valence-corrected chi connectivity index (χ2v) is 5.00. The molecule has 0 unspecified atom stereocenters. The Kier molecular flexibility index (Phi) is 4.03. The topological polar surface area (TPSA) is 68.7 Å². The molecule has 0 saturated carbocycles. The Morgan fingerprint density at radius 1 is 1.10 bits per heavy atom. The molecule has 3 rings (SSSR count). The van der Waals surface area contributed by atoms with Gasteiger partial charge >= 0.3 is 0 Å². The van der Waals surface area contributed by atoms with Crippen LogP contribution >= 0.6 is 0 Å². The first kappa shape index (κ1) is 13.9. The zero-order valence-electron chi connectivity index (χ0n) is 11.7. The molecule has 21 heavy (non-hydrogen) atoms. The lowest BCUT2D eigenvalue weighted by Gasteiger charge is -2.27. The van der Waals surface area contributed by atoms with Gasteiger partial charge in [0, 0.05) is 37.3 Å². The zero-order chi connectivity index (χ0) is 14.7. The Morgan fingerprint density at radius 2 is 1.81 bits per heavy atom. The van der Waals surface area contributed by atoms with Gasteiger partial charge in [0.1, 0.15) is 5.76 Å². The highest BCUT2D eigenvalue weighted by molar-refractivity contribution is 5.59. The molecule has 110 valence electrons. The van der Waals surface area contributed by atoms with Crippen LogP contribution in [0.5, 0.6) is 0 Å². The summed E-state index contributed by atoms with van der Waals surface area (Å²) in [5.41, 5.74) is 7.46. The van der Waals surface area contributed by atoms with Crippen molar-refractivity contribution in [1.29, 1.82) is 0 Å². The minimum atomic E-state index is -0.0550. The zero-order valence-corrected chi connectivity index (χ0v) is 11.7. The van der Waals surface area contributed by atoms with E-state index in [2.05, 4.69) is 0 Å². The Labute approximate surface area is 122 Å². The van der Waals surface area contributed by atoms with E-state index in [4.69, 9.17) is 14.9 Å². The van der Waals surface area contributed by atoms with Crippen LogP contribution in [0.25, 0.3) is 11.3 Å². The highest BCUT2D eigenvalue weighted by Gasteiger charge is 2.15. The molecule has 2 N–H and O–H groups in total. The van der Waals surface area contributed by atoms with Crippen molar-refractivity contribution in [2.24, 2.45) is 5.73 Å². The second-order valence-electron chi connectivity index (χ2n) is 5.00. The SMILES string of the molecule is NCc1ccc(-c2cc(=O)cc(N3CCOCC3)o2)cc1. The number of nitrogens with zero attached hydrogens (tertiary/aromatic N) is 1. The van der Waals surface area contributed by atoms with E-state index in [1.54, 1.807) is 0 Å². The molecule has 0 spiro atoms. The highest BCUT2D eigenvalue weighted by atomic mass is 16.5. The lowest BCUT2D eigenvalue weighted by Crippen LogP contribution is -2.36. The van der Waals surface area contributed by atoms with Gasteiger partial charge in [0.15, 0.2) is 11.3 Å². The predicted molar refractivity (Wildman–Crippen MR) is 81.3 cm³/mol. The Hall–Kier alpha value is -2.11. The highest BCUT2D eigenvalue weighted by Crippen LogP contribution is 2.23. The summed E-state index contributed by atoms with van der Waals surface area (Å²) >= 11 is 0.